The van der Waals surface area contributed by atoms with E-state index in [1.807, 2.05) is 6.92 Å². The lowest BCUT2D eigenvalue weighted by Gasteiger charge is -2.24. The maximum Gasteiger partial charge on any atom is 0.309 e. The molecule has 0 heterocycles. The van der Waals surface area contributed by atoms with Gasteiger partial charge in [-0.2, -0.15) is 0 Å². The Labute approximate surface area is 276 Å². The summed E-state index contributed by atoms with van der Waals surface area (Å²) in [7, 11) is 0. The van der Waals surface area contributed by atoms with Gasteiger partial charge in [0.2, 0.25) is 0 Å². The number of aliphatic carboxylic acids is 2. The maximum atomic E-state index is 13.5. The minimum Gasteiger partial charge on any atom is -0.481 e. The van der Waals surface area contributed by atoms with Gasteiger partial charge in [-0.3, -0.25) is 14.4 Å². The molecule has 0 radical (unpaired) electrons. The molecule has 0 saturated heterocycles. The maximum absolute atomic E-state index is 13.5. The Morgan fingerprint density at radius 2 is 1.04 bits per heavy atom. The monoisotopic (exact) mass is 635 g/mol. The first kappa shape index (κ1) is 42.9. The number of esters is 1. The second kappa shape index (κ2) is 31.9. The van der Waals surface area contributed by atoms with Gasteiger partial charge in [-0.25, -0.2) is 0 Å². The number of carbonyl (C=O) groups excluding carboxylic acids is 1. The summed E-state index contributed by atoms with van der Waals surface area (Å²) in [5, 5.41) is 17.6. The lowest BCUT2D eigenvalue weighted by molar-refractivity contribution is -0.155. The minimum atomic E-state index is -0.719. The molecule has 0 rings (SSSR count). The molecule has 0 aliphatic carbocycles. The summed E-state index contributed by atoms with van der Waals surface area (Å²) in [6.07, 6.45) is 34.9. The van der Waals surface area contributed by atoms with Crippen LogP contribution in [-0.4, -0.2) is 34.2 Å². The smallest absolute Gasteiger partial charge is 0.309 e. The summed E-state index contributed by atoms with van der Waals surface area (Å²) in [6, 6.07) is 0. The fourth-order valence-electron chi connectivity index (χ4n) is 5.74. The Bertz CT molecular complexity index is 773. The first-order valence-electron chi connectivity index (χ1n) is 18.8. The molecule has 0 saturated carbocycles. The average Bonchev–Trinajstić information content (AvgIpc) is 3.01. The highest BCUT2D eigenvalue weighted by Gasteiger charge is 2.25. The second-order valence-corrected chi connectivity index (χ2v) is 13.1. The minimum absolute atomic E-state index is 0.0793. The van der Waals surface area contributed by atoms with Crippen molar-refractivity contribution in [2.45, 2.75) is 194 Å². The number of carboxylic acid groups (broad SMARTS) is 2. The highest BCUT2D eigenvalue weighted by atomic mass is 16.5. The van der Waals surface area contributed by atoms with Crippen molar-refractivity contribution in [3.63, 3.8) is 0 Å². The van der Waals surface area contributed by atoms with Crippen molar-refractivity contribution in [2.24, 2.45) is 11.8 Å². The van der Waals surface area contributed by atoms with E-state index in [0.29, 0.717) is 0 Å². The van der Waals surface area contributed by atoms with Crippen molar-refractivity contribution in [3.8, 4) is 0 Å². The molecule has 0 aromatic rings. The quantitative estimate of drug-likeness (QED) is 0.0423. The molecule has 6 heteroatoms. The highest BCUT2D eigenvalue weighted by Crippen LogP contribution is 2.25. The third-order valence-corrected chi connectivity index (χ3v) is 8.79. The van der Waals surface area contributed by atoms with Gasteiger partial charge in [-0.05, 0) is 63.7 Å². The van der Waals surface area contributed by atoms with Gasteiger partial charge >= 0.3 is 17.9 Å². The lowest BCUT2D eigenvalue weighted by atomic mass is 9.88. The van der Waals surface area contributed by atoms with Crippen LogP contribution in [0.25, 0.3) is 0 Å². The molecule has 0 aromatic carbocycles. The zero-order chi connectivity index (χ0) is 33.4. The number of hydrogen-bond acceptors (Lipinski definition) is 4. The van der Waals surface area contributed by atoms with Gasteiger partial charge in [-0.1, -0.05) is 135 Å². The topological polar surface area (TPSA) is 101 Å². The number of ether oxygens (including phenoxy) is 1. The fraction of sp³-hybridized carbons (Fsp3) is 0.821. The number of unbranched alkanes of at least 4 members (excludes halogenated alkanes) is 17. The first-order chi connectivity index (χ1) is 21.8. The highest BCUT2D eigenvalue weighted by molar-refractivity contribution is 5.73. The van der Waals surface area contributed by atoms with Crippen molar-refractivity contribution in [2.75, 3.05) is 0 Å². The molecule has 6 nitrogen and oxygen atoms in total. The van der Waals surface area contributed by atoms with Crippen molar-refractivity contribution >= 4 is 17.9 Å². The van der Waals surface area contributed by atoms with Gasteiger partial charge < -0.3 is 14.9 Å². The molecular formula is C39H70O6. The molecule has 0 bridgehead atoms. The Kier molecular flexibility index (Phi) is 30.4. The van der Waals surface area contributed by atoms with Crippen LogP contribution < -0.4 is 0 Å². The Hall–Kier alpha value is -2.11. The molecule has 0 aromatic heterocycles. The molecule has 3 atom stereocenters. The number of carboxylic acids is 2. The molecule has 0 amide bonds. The molecule has 0 aliphatic rings. The molecule has 3 unspecified atom stereocenters. The fourth-order valence-corrected chi connectivity index (χ4v) is 5.74. The summed E-state index contributed by atoms with van der Waals surface area (Å²) in [6.45, 7) is 6.48. The van der Waals surface area contributed by atoms with Crippen LogP contribution in [0.1, 0.15) is 188 Å². The van der Waals surface area contributed by atoms with E-state index in [0.717, 1.165) is 103 Å². The van der Waals surface area contributed by atoms with Gasteiger partial charge in [0.1, 0.15) is 6.10 Å². The van der Waals surface area contributed by atoms with E-state index in [9.17, 15) is 14.4 Å². The zero-order valence-electron chi connectivity index (χ0n) is 29.5. The second-order valence-electron chi connectivity index (χ2n) is 13.1. The predicted molar refractivity (Wildman–Crippen MR) is 187 cm³/mol. The lowest BCUT2D eigenvalue weighted by Crippen LogP contribution is -2.27. The summed E-state index contributed by atoms with van der Waals surface area (Å²) >= 11 is 0. The summed E-state index contributed by atoms with van der Waals surface area (Å²) in [5.41, 5.74) is 0. The first-order valence-corrected chi connectivity index (χ1v) is 18.8. The molecule has 0 fully saturated rings. The summed E-state index contributed by atoms with van der Waals surface area (Å²) in [5.74, 6) is -1.53. The standard InChI is InChI=1S/C39H70O6/c1-4-6-8-10-13-17-22-28-35(29-23-18-16-21-27-33-38(42)43)34(3)39(44)45-36(30-24-9-7-5-2)31-25-19-14-11-12-15-20-26-32-37(40)41/h19,22,25,28,34-36H,4-18,20-21,23-24,26-27,29-33H2,1-3H3,(H,40,41)(H,42,43)/b25-19-,28-22-. The third-order valence-electron chi connectivity index (χ3n) is 8.79. The van der Waals surface area contributed by atoms with Crippen molar-refractivity contribution < 1.29 is 29.3 Å². The van der Waals surface area contributed by atoms with Crippen LogP contribution >= 0.6 is 0 Å². The summed E-state index contributed by atoms with van der Waals surface area (Å²) < 4.78 is 6.19. The Balaban J connectivity index is 4.96. The van der Waals surface area contributed by atoms with E-state index in [4.69, 9.17) is 14.9 Å². The van der Waals surface area contributed by atoms with Crippen LogP contribution in [0, 0.1) is 11.8 Å². The van der Waals surface area contributed by atoms with Crippen molar-refractivity contribution in [1.82, 2.24) is 0 Å². The SMILES string of the molecule is CCCCCCC/C=C\C(CCCCCCCC(=O)O)C(C)C(=O)OC(C/C=C\CCCCCCCC(=O)O)CCCCCC. The largest absolute Gasteiger partial charge is 0.481 e. The predicted octanol–water partition coefficient (Wildman–Crippen LogP) is 11.6. The van der Waals surface area contributed by atoms with Crippen LogP contribution in [0.4, 0.5) is 0 Å². The number of rotatable bonds is 33. The van der Waals surface area contributed by atoms with Gasteiger partial charge in [0.15, 0.2) is 0 Å². The number of carbonyl (C=O) groups is 3. The number of allylic oxidation sites excluding steroid dienone is 3. The van der Waals surface area contributed by atoms with Gasteiger partial charge in [0.05, 0.1) is 5.92 Å². The molecule has 262 valence electrons. The van der Waals surface area contributed by atoms with Crippen molar-refractivity contribution in [3.05, 3.63) is 24.3 Å². The third kappa shape index (κ3) is 29.1. The van der Waals surface area contributed by atoms with E-state index in [1.54, 1.807) is 0 Å². The Morgan fingerprint density at radius 1 is 0.578 bits per heavy atom. The van der Waals surface area contributed by atoms with Gasteiger partial charge in [0, 0.05) is 19.3 Å². The average molecular weight is 635 g/mol. The zero-order valence-corrected chi connectivity index (χ0v) is 29.5. The molecule has 0 aliphatic heterocycles. The van der Waals surface area contributed by atoms with Crippen LogP contribution in [0.5, 0.6) is 0 Å². The molecular weight excluding hydrogens is 564 g/mol. The van der Waals surface area contributed by atoms with E-state index in [2.05, 4.69) is 38.2 Å². The van der Waals surface area contributed by atoms with E-state index in [-0.39, 0.29) is 36.8 Å². The normalized spacial score (nSPS) is 13.8. The Morgan fingerprint density at radius 3 is 1.62 bits per heavy atom. The van der Waals surface area contributed by atoms with E-state index >= 15 is 0 Å². The van der Waals surface area contributed by atoms with Gasteiger partial charge in [0.25, 0.3) is 0 Å². The van der Waals surface area contributed by atoms with Crippen molar-refractivity contribution in [1.29, 1.82) is 0 Å². The number of hydrogen-bond donors (Lipinski definition) is 2. The van der Waals surface area contributed by atoms with Crippen LogP contribution in [0.3, 0.4) is 0 Å². The molecule has 2 N–H and O–H groups in total. The summed E-state index contributed by atoms with van der Waals surface area (Å²) in [4.78, 5) is 34.9. The van der Waals surface area contributed by atoms with E-state index < -0.39 is 11.9 Å². The van der Waals surface area contributed by atoms with E-state index in [1.165, 1.54) is 51.4 Å². The van der Waals surface area contributed by atoms with Crippen LogP contribution in [0.15, 0.2) is 24.3 Å². The molecule has 45 heavy (non-hydrogen) atoms. The van der Waals surface area contributed by atoms with Crippen LogP contribution in [0.2, 0.25) is 0 Å². The van der Waals surface area contributed by atoms with Crippen LogP contribution in [-0.2, 0) is 19.1 Å². The van der Waals surface area contributed by atoms with Gasteiger partial charge in [-0.15, -0.1) is 0 Å². The molecule has 0 spiro atoms.